The molecule has 0 spiro atoms. The lowest BCUT2D eigenvalue weighted by molar-refractivity contribution is -0.137. The smallest absolute Gasteiger partial charge is 0.390 e. The molecule has 0 bridgehead atoms. The highest BCUT2D eigenvalue weighted by Gasteiger charge is 2.33. The van der Waals surface area contributed by atoms with E-state index in [9.17, 15) is 31.1 Å². The number of benzene rings is 2. The first-order chi connectivity index (χ1) is 15.0. The molecule has 12 heteroatoms. The van der Waals surface area contributed by atoms with Gasteiger partial charge in [0, 0.05) is 30.1 Å². The predicted octanol–water partition coefficient (Wildman–Crippen LogP) is 4.85. The Kier molecular flexibility index (Phi) is 8.97. The molecule has 2 aromatic carbocycles. The van der Waals surface area contributed by atoms with Gasteiger partial charge in [0.1, 0.15) is 5.82 Å². The van der Waals surface area contributed by atoms with E-state index in [0.29, 0.717) is 18.1 Å². The van der Waals surface area contributed by atoms with Crippen LogP contribution >= 0.6 is 27.5 Å². The molecule has 0 saturated heterocycles. The zero-order chi connectivity index (χ0) is 25.2. The van der Waals surface area contributed by atoms with Crippen LogP contribution in [-0.2, 0) is 22.6 Å². The molecule has 0 aromatic heterocycles. The summed E-state index contributed by atoms with van der Waals surface area (Å²) in [6.45, 7) is 3.30. The summed E-state index contributed by atoms with van der Waals surface area (Å²) in [5.41, 5.74) is -1.00. The average Bonchev–Trinajstić information content (AvgIpc) is 2.68. The van der Waals surface area contributed by atoms with Gasteiger partial charge in [-0.3, -0.25) is 0 Å². The number of likely N-dealkylation sites (N-methyl/N-ethyl adjacent to an activating group) is 1. The van der Waals surface area contributed by atoms with Crippen LogP contribution in [0.1, 0.15) is 25.0 Å². The van der Waals surface area contributed by atoms with Gasteiger partial charge in [-0.2, -0.15) is 17.5 Å². The van der Waals surface area contributed by atoms with E-state index in [1.54, 1.807) is 6.07 Å². The molecule has 0 radical (unpaired) electrons. The lowest BCUT2D eigenvalue weighted by Crippen LogP contribution is -2.47. The van der Waals surface area contributed by atoms with Gasteiger partial charge in [-0.15, -0.1) is 0 Å². The van der Waals surface area contributed by atoms with Crippen molar-refractivity contribution in [2.24, 2.45) is 0 Å². The van der Waals surface area contributed by atoms with Crippen molar-refractivity contribution in [3.05, 3.63) is 62.8 Å². The molecule has 0 amide bonds. The molecular formula is C21H24BrClF4N2O3S. The summed E-state index contributed by atoms with van der Waals surface area (Å²) in [6.07, 6.45) is -5.46. The predicted molar refractivity (Wildman–Crippen MR) is 122 cm³/mol. The fraction of sp³-hybridized carbons (Fsp3) is 0.429. The molecule has 0 heterocycles. The van der Waals surface area contributed by atoms with E-state index < -0.39 is 44.1 Å². The van der Waals surface area contributed by atoms with E-state index in [1.807, 2.05) is 13.8 Å². The van der Waals surface area contributed by atoms with Crippen molar-refractivity contribution in [1.29, 1.82) is 0 Å². The van der Waals surface area contributed by atoms with Crippen LogP contribution < -0.4 is 5.32 Å². The molecule has 5 nitrogen and oxygen atoms in total. The summed E-state index contributed by atoms with van der Waals surface area (Å²) < 4.78 is 79.1. The van der Waals surface area contributed by atoms with Gasteiger partial charge >= 0.3 is 6.18 Å². The lowest BCUT2D eigenvalue weighted by atomic mass is 9.94. The Balaban J connectivity index is 2.03. The number of β-amino-alcohol motifs (C(OH)–C–C–N with tert-alkyl or cyclic N) is 1. The molecular weight excluding hydrogens is 552 g/mol. The molecule has 2 rings (SSSR count). The third kappa shape index (κ3) is 7.90. The summed E-state index contributed by atoms with van der Waals surface area (Å²) >= 11 is 8.59. The van der Waals surface area contributed by atoms with E-state index in [2.05, 4.69) is 21.2 Å². The van der Waals surface area contributed by atoms with Crippen molar-refractivity contribution < 1.29 is 31.1 Å². The highest BCUT2D eigenvalue weighted by molar-refractivity contribution is 9.10. The molecule has 1 atom stereocenters. The molecule has 0 aliphatic carbocycles. The largest absolute Gasteiger partial charge is 0.416 e. The standard InChI is InChI=1S/C21H24BrClF4N2O3S/c1-20(2,10-13-4-5-18(23)19(24)6-13)28-11-16(30)12-29(3)33(31,32)17-8-14(21(25,26)27)7-15(22)9-17/h4-9,16,28,30H,10-12H2,1-3H3. The first-order valence-electron chi connectivity index (χ1n) is 9.72. The topological polar surface area (TPSA) is 69.6 Å². The third-order valence-electron chi connectivity index (χ3n) is 4.82. The number of aliphatic hydroxyl groups excluding tert-OH is 1. The molecule has 2 N–H and O–H groups in total. The first-order valence-corrected chi connectivity index (χ1v) is 12.3. The second kappa shape index (κ2) is 10.6. The number of nitrogens with zero attached hydrogens (tertiary/aromatic N) is 1. The number of hydrogen-bond acceptors (Lipinski definition) is 4. The Bertz CT molecular complexity index is 1100. The zero-order valence-corrected chi connectivity index (χ0v) is 21.2. The SMILES string of the molecule is CN(CC(O)CNC(C)(C)Cc1ccc(Cl)c(F)c1)S(=O)(=O)c1cc(Br)cc(C(F)(F)F)c1. The van der Waals surface area contributed by atoms with E-state index in [1.165, 1.54) is 19.2 Å². The highest BCUT2D eigenvalue weighted by atomic mass is 79.9. The van der Waals surface area contributed by atoms with Crippen LogP contribution in [-0.4, -0.2) is 49.6 Å². The van der Waals surface area contributed by atoms with Crippen LogP contribution in [0.25, 0.3) is 0 Å². The maximum atomic E-state index is 13.7. The molecule has 0 aliphatic rings. The number of nitrogens with one attached hydrogen (secondary N) is 1. The quantitative estimate of drug-likeness (QED) is 0.420. The Morgan fingerprint density at radius 3 is 2.39 bits per heavy atom. The van der Waals surface area contributed by atoms with Gasteiger partial charge < -0.3 is 10.4 Å². The molecule has 0 fully saturated rings. The van der Waals surface area contributed by atoms with Gasteiger partial charge in [-0.05, 0) is 56.2 Å². The monoisotopic (exact) mass is 574 g/mol. The maximum Gasteiger partial charge on any atom is 0.416 e. The molecule has 33 heavy (non-hydrogen) atoms. The fourth-order valence-corrected chi connectivity index (χ4v) is 5.17. The summed E-state index contributed by atoms with van der Waals surface area (Å²) in [7, 11) is -3.11. The summed E-state index contributed by atoms with van der Waals surface area (Å²) in [5.74, 6) is -0.543. The van der Waals surface area contributed by atoms with Crippen LogP contribution in [0, 0.1) is 5.82 Å². The van der Waals surface area contributed by atoms with Crippen molar-refractivity contribution in [2.75, 3.05) is 20.1 Å². The number of rotatable bonds is 9. The molecule has 0 aliphatic heterocycles. The molecule has 0 saturated carbocycles. The number of halogens is 6. The lowest BCUT2D eigenvalue weighted by Gasteiger charge is -2.29. The minimum Gasteiger partial charge on any atom is -0.390 e. The number of aliphatic hydroxyl groups is 1. The summed E-state index contributed by atoms with van der Waals surface area (Å²) in [6, 6.07) is 6.85. The Morgan fingerprint density at radius 2 is 1.82 bits per heavy atom. The van der Waals surface area contributed by atoms with Crippen LogP contribution in [0.3, 0.4) is 0 Å². The minimum absolute atomic E-state index is 0.00474. The van der Waals surface area contributed by atoms with E-state index in [4.69, 9.17) is 11.6 Å². The van der Waals surface area contributed by atoms with Crippen molar-refractivity contribution >= 4 is 37.6 Å². The van der Waals surface area contributed by atoms with Crippen LogP contribution in [0.5, 0.6) is 0 Å². The zero-order valence-electron chi connectivity index (χ0n) is 18.0. The second-order valence-electron chi connectivity index (χ2n) is 8.30. The van der Waals surface area contributed by atoms with Crippen molar-refractivity contribution in [3.8, 4) is 0 Å². The van der Waals surface area contributed by atoms with Crippen LogP contribution in [0.15, 0.2) is 45.8 Å². The van der Waals surface area contributed by atoms with Gasteiger partial charge in [-0.25, -0.2) is 12.8 Å². The van der Waals surface area contributed by atoms with Gasteiger partial charge in [0.05, 0.1) is 21.6 Å². The van der Waals surface area contributed by atoms with E-state index >= 15 is 0 Å². The van der Waals surface area contributed by atoms with Gasteiger partial charge in [0.15, 0.2) is 0 Å². The van der Waals surface area contributed by atoms with E-state index in [-0.39, 0.29) is 22.6 Å². The number of sulfonamides is 1. The molecule has 2 aromatic rings. The van der Waals surface area contributed by atoms with Gasteiger partial charge in [0.2, 0.25) is 10.0 Å². The van der Waals surface area contributed by atoms with Crippen LogP contribution in [0.2, 0.25) is 5.02 Å². The van der Waals surface area contributed by atoms with Crippen molar-refractivity contribution in [2.45, 2.75) is 43.0 Å². The van der Waals surface area contributed by atoms with Crippen molar-refractivity contribution in [1.82, 2.24) is 9.62 Å². The normalized spacial score (nSPS) is 14.0. The highest BCUT2D eigenvalue weighted by Crippen LogP contribution is 2.33. The Morgan fingerprint density at radius 1 is 1.18 bits per heavy atom. The summed E-state index contributed by atoms with van der Waals surface area (Å²) in [5, 5.41) is 13.4. The molecule has 184 valence electrons. The third-order valence-corrected chi connectivity index (χ3v) is 7.39. The minimum atomic E-state index is -4.71. The van der Waals surface area contributed by atoms with E-state index in [0.717, 1.165) is 16.4 Å². The first kappa shape index (κ1) is 28.0. The van der Waals surface area contributed by atoms with Gasteiger partial charge in [-0.1, -0.05) is 33.6 Å². The summed E-state index contributed by atoms with van der Waals surface area (Å²) in [4.78, 5) is -0.544. The average molecular weight is 576 g/mol. The number of hydrogen-bond donors (Lipinski definition) is 2. The Hall–Kier alpha value is -1.24. The number of alkyl halides is 3. The maximum absolute atomic E-state index is 13.7. The van der Waals surface area contributed by atoms with Gasteiger partial charge in [0.25, 0.3) is 0 Å². The van der Waals surface area contributed by atoms with Crippen molar-refractivity contribution in [3.63, 3.8) is 0 Å². The molecule has 1 unspecified atom stereocenters. The van der Waals surface area contributed by atoms with Crippen LogP contribution in [0.4, 0.5) is 17.6 Å². The second-order valence-corrected chi connectivity index (χ2v) is 11.7. The Labute approximate surface area is 203 Å². The fourth-order valence-electron chi connectivity index (χ4n) is 3.13.